The second-order valence-corrected chi connectivity index (χ2v) is 5.27. The number of nitrogens with one attached hydrogen (secondary N) is 1. The molecule has 0 saturated carbocycles. The van der Waals surface area contributed by atoms with Crippen molar-refractivity contribution in [1.29, 1.82) is 0 Å². The maximum Gasteiger partial charge on any atom is 0.261 e. The van der Waals surface area contributed by atoms with E-state index in [0.717, 1.165) is 24.1 Å². The third kappa shape index (κ3) is 1.87. The number of carbonyl (C=O) groups is 2. The van der Waals surface area contributed by atoms with E-state index < -0.39 is 5.60 Å². The molecule has 2 aliphatic heterocycles. The van der Waals surface area contributed by atoms with Crippen LogP contribution in [0.4, 0.5) is 5.69 Å². The van der Waals surface area contributed by atoms with Crippen LogP contribution >= 0.6 is 0 Å². The Kier molecular flexibility index (Phi) is 2.90. The van der Waals surface area contributed by atoms with Gasteiger partial charge in [-0.2, -0.15) is 0 Å². The third-order valence-corrected chi connectivity index (χ3v) is 3.86. The fourth-order valence-corrected chi connectivity index (χ4v) is 3.04. The summed E-state index contributed by atoms with van der Waals surface area (Å²) in [6.07, 6.45) is 2.17. The lowest BCUT2D eigenvalue weighted by molar-refractivity contribution is -0.170. The number of rotatable bonds is 2. The van der Waals surface area contributed by atoms with Crippen LogP contribution in [0, 0.1) is 0 Å². The van der Waals surface area contributed by atoms with E-state index in [1.54, 1.807) is 0 Å². The van der Waals surface area contributed by atoms with E-state index in [1.165, 1.54) is 0 Å². The van der Waals surface area contributed by atoms with Crippen LogP contribution in [0.2, 0.25) is 0 Å². The molecule has 2 aliphatic rings. The molecule has 100 valence electrons. The maximum absolute atomic E-state index is 12.3. The lowest BCUT2D eigenvalue weighted by atomic mass is 9.84. The number of ether oxygens (including phenoxy) is 1. The van der Waals surface area contributed by atoms with Crippen molar-refractivity contribution in [2.45, 2.75) is 44.3 Å². The van der Waals surface area contributed by atoms with Gasteiger partial charge in [0.15, 0.2) is 5.60 Å². The SMILES string of the molecule is CCC[C@@H]1CC(=O)CC2(O1)C(=O)Nc1ccccc12. The van der Waals surface area contributed by atoms with E-state index in [0.29, 0.717) is 6.42 Å². The van der Waals surface area contributed by atoms with Crippen LogP contribution in [0.1, 0.15) is 38.2 Å². The Morgan fingerprint density at radius 1 is 1.37 bits per heavy atom. The van der Waals surface area contributed by atoms with Gasteiger partial charge in [0.1, 0.15) is 5.78 Å². The normalized spacial score (nSPS) is 29.4. The predicted octanol–water partition coefficient (Wildman–Crippen LogP) is 2.38. The average molecular weight is 259 g/mol. The molecule has 1 saturated heterocycles. The van der Waals surface area contributed by atoms with Gasteiger partial charge < -0.3 is 10.1 Å². The number of anilines is 1. The first kappa shape index (κ1) is 12.4. The molecule has 3 rings (SSSR count). The molecule has 2 atom stereocenters. The minimum atomic E-state index is -1.09. The minimum Gasteiger partial charge on any atom is -0.356 e. The number of para-hydroxylation sites is 1. The first-order valence-electron chi connectivity index (χ1n) is 6.76. The maximum atomic E-state index is 12.3. The molecule has 4 nitrogen and oxygen atoms in total. The second kappa shape index (κ2) is 4.46. The topological polar surface area (TPSA) is 55.4 Å². The van der Waals surface area contributed by atoms with Gasteiger partial charge in [0.25, 0.3) is 5.91 Å². The molecule has 2 heterocycles. The van der Waals surface area contributed by atoms with Crippen molar-refractivity contribution in [2.24, 2.45) is 0 Å². The smallest absolute Gasteiger partial charge is 0.261 e. The summed E-state index contributed by atoms with van der Waals surface area (Å²) >= 11 is 0. The summed E-state index contributed by atoms with van der Waals surface area (Å²) in [5.74, 6) is -0.0978. The molecular weight excluding hydrogens is 242 g/mol. The quantitative estimate of drug-likeness (QED) is 0.887. The fraction of sp³-hybridized carbons (Fsp3) is 0.467. The van der Waals surface area contributed by atoms with Crippen LogP contribution in [0.25, 0.3) is 0 Å². The Balaban J connectivity index is 2.02. The third-order valence-electron chi connectivity index (χ3n) is 3.86. The highest BCUT2D eigenvalue weighted by Crippen LogP contribution is 2.45. The monoisotopic (exact) mass is 259 g/mol. The molecule has 1 amide bonds. The van der Waals surface area contributed by atoms with Gasteiger partial charge >= 0.3 is 0 Å². The Morgan fingerprint density at radius 2 is 2.16 bits per heavy atom. The van der Waals surface area contributed by atoms with Gasteiger partial charge in [0.05, 0.1) is 6.10 Å². The van der Waals surface area contributed by atoms with Gasteiger partial charge in [-0.3, -0.25) is 9.59 Å². The standard InChI is InChI=1S/C15H17NO3/c1-2-5-11-8-10(17)9-15(19-11)12-6-3-4-7-13(12)16-14(15)18/h3-4,6-7,11H,2,5,8-9H2,1H3,(H,16,18)/t11-,15?/m1/s1. The number of ketones is 1. The molecule has 1 aromatic rings. The van der Waals surface area contributed by atoms with Gasteiger partial charge in [0, 0.05) is 24.1 Å². The number of benzene rings is 1. The summed E-state index contributed by atoms with van der Waals surface area (Å²) in [6.45, 7) is 2.05. The molecule has 1 spiro atoms. The Bertz CT molecular complexity index is 540. The average Bonchev–Trinajstić information content (AvgIpc) is 2.62. The van der Waals surface area contributed by atoms with Crippen molar-refractivity contribution in [3.8, 4) is 0 Å². The first-order chi connectivity index (χ1) is 9.15. The van der Waals surface area contributed by atoms with Gasteiger partial charge in [-0.05, 0) is 12.5 Å². The van der Waals surface area contributed by atoms with Crippen molar-refractivity contribution >= 4 is 17.4 Å². The molecule has 0 radical (unpaired) electrons. The van der Waals surface area contributed by atoms with Crippen molar-refractivity contribution in [2.75, 3.05) is 5.32 Å². The highest BCUT2D eigenvalue weighted by molar-refractivity contribution is 6.07. The van der Waals surface area contributed by atoms with Crippen LogP contribution in [-0.2, 0) is 19.9 Å². The van der Waals surface area contributed by atoms with Gasteiger partial charge in [-0.1, -0.05) is 31.5 Å². The number of hydrogen-bond acceptors (Lipinski definition) is 3. The fourth-order valence-electron chi connectivity index (χ4n) is 3.04. The molecule has 1 unspecified atom stereocenters. The molecule has 0 bridgehead atoms. The van der Waals surface area contributed by atoms with Crippen molar-refractivity contribution in [3.63, 3.8) is 0 Å². The Hall–Kier alpha value is -1.68. The van der Waals surface area contributed by atoms with Gasteiger partial charge in [-0.25, -0.2) is 0 Å². The van der Waals surface area contributed by atoms with Gasteiger partial charge in [0.2, 0.25) is 0 Å². The largest absolute Gasteiger partial charge is 0.356 e. The van der Waals surface area contributed by atoms with Crippen LogP contribution in [0.5, 0.6) is 0 Å². The molecule has 0 aromatic heterocycles. The van der Waals surface area contributed by atoms with E-state index in [1.807, 2.05) is 24.3 Å². The van der Waals surface area contributed by atoms with Crippen LogP contribution in [-0.4, -0.2) is 17.8 Å². The van der Waals surface area contributed by atoms with Crippen molar-refractivity contribution in [1.82, 2.24) is 0 Å². The highest BCUT2D eigenvalue weighted by atomic mass is 16.5. The van der Waals surface area contributed by atoms with E-state index >= 15 is 0 Å². The van der Waals surface area contributed by atoms with E-state index in [9.17, 15) is 9.59 Å². The molecule has 0 aliphatic carbocycles. The van der Waals surface area contributed by atoms with Crippen LogP contribution in [0.15, 0.2) is 24.3 Å². The summed E-state index contributed by atoms with van der Waals surface area (Å²) in [4.78, 5) is 24.3. The molecule has 1 N–H and O–H groups in total. The summed E-state index contributed by atoms with van der Waals surface area (Å²) in [7, 11) is 0. The Morgan fingerprint density at radius 3 is 2.95 bits per heavy atom. The number of hydrogen-bond donors (Lipinski definition) is 1. The molecule has 19 heavy (non-hydrogen) atoms. The summed E-state index contributed by atoms with van der Waals surface area (Å²) in [5, 5.41) is 2.82. The van der Waals surface area contributed by atoms with E-state index in [-0.39, 0.29) is 24.2 Å². The number of fused-ring (bicyclic) bond motifs is 2. The lowest BCUT2D eigenvalue weighted by Gasteiger charge is -2.36. The molecule has 1 fully saturated rings. The van der Waals surface area contributed by atoms with Crippen LogP contribution in [0.3, 0.4) is 0 Å². The van der Waals surface area contributed by atoms with Crippen molar-refractivity contribution < 1.29 is 14.3 Å². The number of amides is 1. The number of carbonyl (C=O) groups excluding carboxylic acids is 2. The molecule has 4 heteroatoms. The second-order valence-electron chi connectivity index (χ2n) is 5.27. The highest BCUT2D eigenvalue weighted by Gasteiger charge is 2.53. The summed E-state index contributed by atoms with van der Waals surface area (Å²) in [5.41, 5.74) is 0.470. The molecular formula is C15H17NO3. The first-order valence-corrected chi connectivity index (χ1v) is 6.76. The minimum absolute atomic E-state index is 0.108. The summed E-state index contributed by atoms with van der Waals surface area (Å²) in [6, 6.07) is 7.46. The van der Waals surface area contributed by atoms with E-state index in [2.05, 4.69) is 12.2 Å². The zero-order valence-corrected chi connectivity index (χ0v) is 10.9. The van der Waals surface area contributed by atoms with E-state index in [4.69, 9.17) is 4.74 Å². The van der Waals surface area contributed by atoms with Crippen molar-refractivity contribution in [3.05, 3.63) is 29.8 Å². The summed E-state index contributed by atoms with van der Waals surface area (Å²) < 4.78 is 6.05. The van der Waals surface area contributed by atoms with Crippen LogP contribution < -0.4 is 5.32 Å². The zero-order valence-electron chi connectivity index (χ0n) is 10.9. The zero-order chi connectivity index (χ0) is 13.5. The lowest BCUT2D eigenvalue weighted by Crippen LogP contribution is -2.46. The Labute approximate surface area is 112 Å². The number of Topliss-reactive ketones (excluding diaryl/α,β-unsaturated/α-hetero) is 1. The predicted molar refractivity (Wildman–Crippen MR) is 70.8 cm³/mol. The van der Waals surface area contributed by atoms with Gasteiger partial charge in [-0.15, -0.1) is 0 Å². The molecule has 1 aromatic carbocycles.